The summed E-state index contributed by atoms with van der Waals surface area (Å²) in [6.45, 7) is 8.74. The number of hydrogen-bond acceptors (Lipinski definition) is 2. The molecule has 0 saturated carbocycles. The van der Waals surface area contributed by atoms with Gasteiger partial charge in [0.1, 0.15) is 5.82 Å². The summed E-state index contributed by atoms with van der Waals surface area (Å²) in [5, 5.41) is 8.37. The Hall–Kier alpha value is -2.56. The second-order valence-electron chi connectivity index (χ2n) is 5.58. The van der Waals surface area contributed by atoms with Crippen molar-refractivity contribution in [2.24, 2.45) is 0 Å². The Bertz CT molecular complexity index is 857. The summed E-state index contributed by atoms with van der Waals surface area (Å²) in [5.41, 5.74) is 4.91. The standard InChI is InChI=1S/C17H20N4O/c1-5-21-16(8-10(2)20-21)19-17(22)13-6-7-15-14(9-13)11(3)12(4)18-15/h6-9,18H,5H2,1-4H3,(H,19,22). The molecule has 5 nitrogen and oxygen atoms in total. The van der Waals surface area contributed by atoms with E-state index in [1.165, 1.54) is 5.56 Å². The van der Waals surface area contributed by atoms with Gasteiger partial charge in [0.05, 0.1) is 5.69 Å². The molecule has 3 rings (SSSR count). The molecule has 0 unspecified atom stereocenters. The van der Waals surface area contributed by atoms with Crippen molar-refractivity contribution in [3.05, 3.63) is 46.8 Å². The minimum atomic E-state index is -0.116. The summed E-state index contributed by atoms with van der Waals surface area (Å²) in [6.07, 6.45) is 0. The first-order valence-electron chi connectivity index (χ1n) is 7.44. The van der Waals surface area contributed by atoms with Crippen LogP contribution in [0.2, 0.25) is 0 Å². The molecule has 0 aliphatic rings. The van der Waals surface area contributed by atoms with Crippen molar-refractivity contribution in [3.8, 4) is 0 Å². The summed E-state index contributed by atoms with van der Waals surface area (Å²) in [7, 11) is 0. The number of fused-ring (bicyclic) bond motifs is 1. The SMILES string of the molecule is CCn1nc(C)cc1NC(=O)c1ccc2[nH]c(C)c(C)c2c1. The Morgan fingerprint density at radius 3 is 2.77 bits per heavy atom. The first-order chi connectivity index (χ1) is 10.5. The first-order valence-corrected chi connectivity index (χ1v) is 7.44. The number of anilines is 1. The van der Waals surface area contributed by atoms with Crippen LogP contribution in [-0.4, -0.2) is 20.7 Å². The van der Waals surface area contributed by atoms with Crippen LogP contribution in [0.25, 0.3) is 10.9 Å². The van der Waals surface area contributed by atoms with Crippen molar-refractivity contribution >= 4 is 22.6 Å². The number of aromatic nitrogens is 3. The number of aromatic amines is 1. The molecule has 114 valence electrons. The van der Waals surface area contributed by atoms with Crippen LogP contribution >= 0.6 is 0 Å². The highest BCUT2D eigenvalue weighted by molar-refractivity contribution is 6.06. The summed E-state index contributed by atoms with van der Waals surface area (Å²) in [6, 6.07) is 7.60. The molecule has 2 aromatic heterocycles. The number of carbonyl (C=O) groups is 1. The maximum atomic E-state index is 12.5. The third-order valence-electron chi connectivity index (χ3n) is 4.01. The van der Waals surface area contributed by atoms with E-state index in [4.69, 9.17) is 0 Å². The fraction of sp³-hybridized carbons (Fsp3) is 0.294. The van der Waals surface area contributed by atoms with E-state index in [1.807, 2.05) is 45.0 Å². The predicted molar refractivity (Wildman–Crippen MR) is 88.4 cm³/mol. The largest absolute Gasteiger partial charge is 0.358 e. The molecule has 0 spiro atoms. The molecule has 0 aliphatic heterocycles. The highest BCUT2D eigenvalue weighted by Gasteiger charge is 2.12. The van der Waals surface area contributed by atoms with Crippen LogP contribution in [0.1, 0.15) is 34.2 Å². The molecule has 1 amide bonds. The van der Waals surface area contributed by atoms with Gasteiger partial charge in [-0.3, -0.25) is 4.79 Å². The summed E-state index contributed by atoms with van der Waals surface area (Å²) in [5.74, 6) is 0.613. The summed E-state index contributed by atoms with van der Waals surface area (Å²) >= 11 is 0. The second kappa shape index (κ2) is 5.33. The monoisotopic (exact) mass is 296 g/mol. The van der Waals surface area contributed by atoms with E-state index in [0.29, 0.717) is 5.56 Å². The molecule has 2 heterocycles. The van der Waals surface area contributed by atoms with Crippen LogP contribution in [-0.2, 0) is 6.54 Å². The minimum absolute atomic E-state index is 0.116. The van der Waals surface area contributed by atoms with Gasteiger partial charge in [-0.2, -0.15) is 5.10 Å². The van der Waals surface area contributed by atoms with E-state index in [0.717, 1.165) is 34.7 Å². The van der Waals surface area contributed by atoms with E-state index >= 15 is 0 Å². The molecule has 0 aliphatic carbocycles. The lowest BCUT2D eigenvalue weighted by Gasteiger charge is -2.07. The van der Waals surface area contributed by atoms with Crippen molar-refractivity contribution < 1.29 is 4.79 Å². The lowest BCUT2D eigenvalue weighted by Crippen LogP contribution is -2.15. The molecule has 0 radical (unpaired) electrons. The molecule has 1 aromatic carbocycles. The average molecular weight is 296 g/mol. The summed E-state index contributed by atoms with van der Waals surface area (Å²) < 4.78 is 1.79. The Morgan fingerprint density at radius 1 is 1.27 bits per heavy atom. The lowest BCUT2D eigenvalue weighted by atomic mass is 10.1. The zero-order valence-electron chi connectivity index (χ0n) is 13.3. The third kappa shape index (κ3) is 2.39. The van der Waals surface area contributed by atoms with Crippen molar-refractivity contribution in [2.75, 3.05) is 5.32 Å². The van der Waals surface area contributed by atoms with Gasteiger partial charge in [0.15, 0.2) is 0 Å². The van der Waals surface area contributed by atoms with Gasteiger partial charge in [0, 0.05) is 34.8 Å². The number of benzene rings is 1. The Labute approximate surface area is 129 Å². The molecule has 0 atom stereocenters. The van der Waals surface area contributed by atoms with Crippen LogP contribution in [0.15, 0.2) is 24.3 Å². The fourth-order valence-corrected chi connectivity index (χ4v) is 2.68. The van der Waals surface area contributed by atoms with Gasteiger partial charge in [-0.15, -0.1) is 0 Å². The highest BCUT2D eigenvalue weighted by Crippen LogP contribution is 2.23. The maximum Gasteiger partial charge on any atom is 0.256 e. The van der Waals surface area contributed by atoms with Crippen molar-refractivity contribution in [3.63, 3.8) is 0 Å². The number of H-pyrrole nitrogens is 1. The Kier molecular flexibility index (Phi) is 3.48. The van der Waals surface area contributed by atoms with E-state index in [1.54, 1.807) is 4.68 Å². The minimum Gasteiger partial charge on any atom is -0.358 e. The maximum absolute atomic E-state index is 12.5. The highest BCUT2D eigenvalue weighted by atomic mass is 16.1. The summed E-state index contributed by atoms with van der Waals surface area (Å²) in [4.78, 5) is 15.8. The molecule has 22 heavy (non-hydrogen) atoms. The number of nitrogens with zero attached hydrogens (tertiary/aromatic N) is 2. The number of nitrogens with one attached hydrogen (secondary N) is 2. The normalized spacial score (nSPS) is 11.1. The van der Waals surface area contributed by atoms with Gasteiger partial charge in [-0.05, 0) is 51.5 Å². The topological polar surface area (TPSA) is 62.7 Å². The smallest absolute Gasteiger partial charge is 0.256 e. The number of aryl methyl sites for hydroxylation is 4. The molecule has 2 N–H and O–H groups in total. The average Bonchev–Trinajstić information content (AvgIpc) is 2.99. The molecule has 0 fully saturated rings. The number of hydrogen-bond donors (Lipinski definition) is 2. The van der Waals surface area contributed by atoms with E-state index in [9.17, 15) is 4.79 Å². The van der Waals surface area contributed by atoms with Crippen molar-refractivity contribution in [2.45, 2.75) is 34.2 Å². The van der Waals surface area contributed by atoms with Crippen LogP contribution < -0.4 is 5.32 Å². The zero-order valence-corrected chi connectivity index (χ0v) is 13.3. The fourth-order valence-electron chi connectivity index (χ4n) is 2.68. The molecular formula is C17H20N4O. The second-order valence-corrected chi connectivity index (χ2v) is 5.58. The van der Waals surface area contributed by atoms with Crippen molar-refractivity contribution in [1.82, 2.24) is 14.8 Å². The van der Waals surface area contributed by atoms with Crippen LogP contribution in [0.3, 0.4) is 0 Å². The molecule has 3 aromatic rings. The van der Waals surface area contributed by atoms with E-state index in [-0.39, 0.29) is 5.91 Å². The Morgan fingerprint density at radius 2 is 2.05 bits per heavy atom. The van der Waals surface area contributed by atoms with Gasteiger partial charge in [0.2, 0.25) is 0 Å². The van der Waals surface area contributed by atoms with Gasteiger partial charge < -0.3 is 10.3 Å². The lowest BCUT2D eigenvalue weighted by molar-refractivity contribution is 0.102. The van der Waals surface area contributed by atoms with Crippen molar-refractivity contribution in [1.29, 1.82) is 0 Å². The number of carbonyl (C=O) groups excluding carboxylic acids is 1. The molecular weight excluding hydrogens is 276 g/mol. The van der Waals surface area contributed by atoms with Gasteiger partial charge in [-0.1, -0.05) is 0 Å². The van der Waals surface area contributed by atoms with Crippen LogP contribution in [0.5, 0.6) is 0 Å². The molecule has 0 bridgehead atoms. The van der Waals surface area contributed by atoms with Crippen LogP contribution in [0.4, 0.5) is 5.82 Å². The zero-order chi connectivity index (χ0) is 15.9. The quantitative estimate of drug-likeness (QED) is 0.776. The number of rotatable bonds is 3. The molecule has 0 saturated heterocycles. The van der Waals surface area contributed by atoms with Gasteiger partial charge >= 0.3 is 0 Å². The predicted octanol–water partition coefficient (Wildman–Crippen LogP) is 3.56. The first kappa shape index (κ1) is 14.4. The van der Waals surface area contributed by atoms with Crippen LogP contribution in [0, 0.1) is 20.8 Å². The molecule has 5 heteroatoms. The number of amides is 1. The van der Waals surface area contributed by atoms with E-state index in [2.05, 4.69) is 22.3 Å². The van der Waals surface area contributed by atoms with Gasteiger partial charge in [-0.25, -0.2) is 4.68 Å². The van der Waals surface area contributed by atoms with E-state index < -0.39 is 0 Å². The van der Waals surface area contributed by atoms with Gasteiger partial charge in [0.25, 0.3) is 5.91 Å². The Balaban J connectivity index is 1.93. The third-order valence-corrected chi connectivity index (χ3v) is 4.01.